The largest absolute Gasteiger partial charge is 0.484 e. The lowest BCUT2D eigenvalue weighted by atomic mass is 10.0. The number of alkyl halides is 3. The minimum atomic E-state index is -4.79. The van der Waals surface area contributed by atoms with E-state index >= 15 is 0 Å². The molecular weight excluding hydrogens is 567 g/mol. The van der Waals surface area contributed by atoms with E-state index in [9.17, 15) is 35.2 Å². The predicted octanol–water partition coefficient (Wildman–Crippen LogP) is 5.95. The molecule has 39 heavy (non-hydrogen) atoms. The van der Waals surface area contributed by atoms with Crippen LogP contribution in [0.4, 0.5) is 27.6 Å². The van der Waals surface area contributed by atoms with Gasteiger partial charge in [0.15, 0.2) is 0 Å². The number of ether oxygens (including phenoxy) is 1. The lowest BCUT2D eigenvalue weighted by molar-refractivity contribution is -0.137. The van der Waals surface area contributed by atoms with Gasteiger partial charge in [0.05, 0.1) is 34.3 Å². The van der Waals surface area contributed by atoms with Gasteiger partial charge in [0.2, 0.25) is 5.91 Å². The summed E-state index contributed by atoms with van der Waals surface area (Å²) in [5, 5.41) is 2.16. The number of carbonyl (C=O) groups is 1. The van der Waals surface area contributed by atoms with E-state index in [1.165, 1.54) is 24.3 Å². The van der Waals surface area contributed by atoms with Crippen LogP contribution in [0.15, 0.2) is 72.1 Å². The number of amides is 1. The van der Waals surface area contributed by atoms with Crippen molar-refractivity contribution < 1.29 is 39.9 Å². The van der Waals surface area contributed by atoms with E-state index in [1.54, 1.807) is 0 Å². The number of hydrogen-bond acceptors (Lipinski definition) is 4. The Hall–Kier alpha value is -3.64. The minimum Gasteiger partial charge on any atom is -0.484 e. The number of sulfonamides is 1. The van der Waals surface area contributed by atoms with E-state index in [0.29, 0.717) is 12.1 Å². The topological polar surface area (TPSA) is 75.7 Å². The van der Waals surface area contributed by atoms with Crippen LogP contribution in [0.25, 0.3) is 11.1 Å². The van der Waals surface area contributed by atoms with E-state index in [1.807, 2.05) is 0 Å². The standard InChI is InChI=1S/C26H20ClF5N2O4S/c1-2-4-24(35)33-13-18-14-34(39(36,37)19-6-3-5-16(10-19)26(30,31)32)22-9-15(7-8-23(22)38-18)20-11-17(28)12-21(29)25(20)27/h2-3,5-12,18H,1,4,13-14H2,(H,33,35). The summed E-state index contributed by atoms with van der Waals surface area (Å²) in [5.74, 6) is -2.35. The summed E-state index contributed by atoms with van der Waals surface area (Å²) in [6.45, 7) is 2.95. The number of anilines is 1. The average molecular weight is 587 g/mol. The number of benzene rings is 3. The molecule has 1 heterocycles. The zero-order valence-corrected chi connectivity index (χ0v) is 21.5. The van der Waals surface area contributed by atoms with Crippen molar-refractivity contribution in [3.63, 3.8) is 0 Å². The molecular formula is C26H20ClF5N2O4S. The van der Waals surface area contributed by atoms with Crippen LogP contribution in [0.5, 0.6) is 5.75 Å². The number of carbonyl (C=O) groups excluding carboxylic acids is 1. The van der Waals surface area contributed by atoms with E-state index < -0.39 is 61.9 Å². The summed E-state index contributed by atoms with van der Waals surface area (Å²) < 4.78 is 102. The second-order valence-corrected chi connectivity index (χ2v) is 10.8. The smallest absolute Gasteiger partial charge is 0.416 e. The molecule has 0 fully saturated rings. The molecule has 0 spiro atoms. The summed E-state index contributed by atoms with van der Waals surface area (Å²) in [5.41, 5.74) is -1.21. The lowest BCUT2D eigenvalue weighted by Gasteiger charge is -2.36. The van der Waals surface area contributed by atoms with E-state index in [2.05, 4.69) is 11.9 Å². The Morgan fingerprint density at radius 2 is 1.90 bits per heavy atom. The van der Waals surface area contributed by atoms with Crippen LogP contribution in [0.3, 0.4) is 0 Å². The van der Waals surface area contributed by atoms with Crippen LogP contribution in [0.2, 0.25) is 5.02 Å². The van der Waals surface area contributed by atoms with Crippen LogP contribution in [0.1, 0.15) is 12.0 Å². The van der Waals surface area contributed by atoms with Gasteiger partial charge in [-0.15, -0.1) is 6.58 Å². The van der Waals surface area contributed by atoms with Gasteiger partial charge in [0.25, 0.3) is 10.0 Å². The van der Waals surface area contributed by atoms with E-state index in [0.717, 1.165) is 28.6 Å². The van der Waals surface area contributed by atoms with Gasteiger partial charge in [-0.1, -0.05) is 29.8 Å². The highest BCUT2D eigenvalue weighted by Gasteiger charge is 2.37. The van der Waals surface area contributed by atoms with Gasteiger partial charge in [0, 0.05) is 18.1 Å². The molecule has 206 valence electrons. The molecule has 6 nitrogen and oxygen atoms in total. The highest BCUT2D eigenvalue weighted by Crippen LogP contribution is 2.42. The second kappa shape index (κ2) is 10.9. The van der Waals surface area contributed by atoms with Crippen molar-refractivity contribution >= 4 is 33.2 Å². The molecule has 1 aliphatic heterocycles. The van der Waals surface area contributed by atoms with Gasteiger partial charge in [-0.05, 0) is 42.0 Å². The predicted molar refractivity (Wildman–Crippen MR) is 135 cm³/mol. The third kappa shape index (κ3) is 6.01. The molecule has 3 aromatic carbocycles. The van der Waals surface area contributed by atoms with Gasteiger partial charge >= 0.3 is 6.18 Å². The molecule has 1 aliphatic rings. The van der Waals surface area contributed by atoms with Gasteiger partial charge in [0.1, 0.15) is 23.5 Å². The number of nitrogens with one attached hydrogen (secondary N) is 1. The van der Waals surface area contributed by atoms with Crippen LogP contribution in [-0.4, -0.2) is 33.5 Å². The van der Waals surface area contributed by atoms with Crippen LogP contribution in [-0.2, 0) is 21.0 Å². The second-order valence-electron chi connectivity index (χ2n) is 8.53. The summed E-state index contributed by atoms with van der Waals surface area (Å²) in [6.07, 6.45) is -4.34. The molecule has 1 atom stereocenters. The number of fused-ring (bicyclic) bond motifs is 1. The molecule has 1 amide bonds. The first-order valence-corrected chi connectivity index (χ1v) is 13.2. The summed E-state index contributed by atoms with van der Waals surface area (Å²) >= 11 is 6.03. The van der Waals surface area contributed by atoms with Crippen molar-refractivity contribution in [1.82, 2.24) is 5.32 Å². The third-order valence-corrected chi connectivity index (χ3v) is 7.96. The van der Waals surface area contributed by atoms with E-state index in [-0.39, 0.29) is 35.5 Å². The van der Waals surface area contributed by atoms with Crippen molar-refractivity contribution in [1.29, 1.82) is 0 Å². The first kappa shape index (κ1) is 28.4. The van der Waals surface area contributed by atoms with Crippen molar-refractivity contribution in [2.24, 2.45) is 0 Å². The van der Waals surface area contributed by atoms with Gasteiger partial charge in [-0.25, -0.2) is 17.2 Å². The Kier molecular flexibility index (Phi) is 7.89. The number of nitrogens with zero attached hydrogens (tertiary/aromatic N) is 1. The van der Waals surface area contributed by atoms with Crippen molar-refractivity contribution in [3.05, 3.63) is 89.5 Å². The highest BCUT2D eigenvalue weighted by atomic mass is 35.5. The van der Waals surface area contributed by atoms with Crippen LogP contribution >= 0.6 is 11.6 Å². The van der Waals surface area contributed by atoms with Gasteiger partial charge in [-0.3, -0.25) is 9.10 Å². The fourth-order valence-corrected chi connectivity index (χ4v) is 5.73. The molecule has 0 radical (unpaired) electrons. The fourth-order valence-electron chi connectivity index (χ4n) is 3.97. The lowest BCUT2D eigenvalue weighted by Crippen LogP contribution is -2.48. The molecule has 0 aliphatic carbocycles. The maximum atomic E-state index is 14.1. The summed E-state index contributed by atoms with van der Waals surface area (Å²) in [4.78, 5) is 11.3. The minimum absolute atomic E-state index is 0.00384. The Labute approximate surface area is 225 Å². The molecule has 0 saturated heterocycles. The molecule has 4 rings (SSSR count). The zero-order valence-electron chi connectivity index (χ0n) is 19.9. The van der Waals surface area contributed by atoms with Crippen LogP contribution < -0.4 is 14.4 Å². The average Bonchev–Trinajstić information content (AvgIpc) is 2.88. The van der Waals surface area contributed by atoms with Crippen molar-refractivity contribution in [2.45, 2.75) is 23.6 Å². The monoisotopic (exact) mass is 586 g/mol. The first-order chi connectivity index (χ1) is 18.3. The molecule has 0 bridgehead atoms. The summed E-state index contributed by atoms with van der Waals surface area (Å²) in [6, 6.07) is 8.77. The van der Waals surface area contributed by atoms with Gasteiger partial charge in [-0.2, -0.15) is 13.2 Å². The summed E-state index contributed by atoms with van der Waals surface area (Å²) in [7, 11) is -4.62. The highest BCUT2D eigenvalue weighted by molar-refractivity contribution is 7.92. The van der Waals surface area contributed by atoms with E-state index in [4.69, 9.17) is 16.3 Å². The normalized spacial score (nSPS) is 15.3. The first-order valence-electron chi connectivity index (χ1n) is 11.3. The Balaban J connectivity index is 1.81. The zero-order chi connectivity index (χ0) is 28.5. The molecule has 3 aromatic rings. The third-order valence-electron chi connectivity index (χ3n) is 5.80. The van der Waals surface area contributed by atoms with Crippen molar-refractivity contribution in [2.75, 3.05) is 17.4 Å². The molecule has 0 aromatic heterocycles. The van der Waals surface area contributed by atoms with Crippen molar-refractivity contribution in [3.8, 4) is 16.9 Å². The number of rotatable bonds is 7. The fraction of sp³-hybridized carbons (Fsp3) is 0.192. The maximum Gasteiger partial charge on any atom is 0.416 e. The Morgan fingerprint density at radius 3 is 2.59 bits per heavy atom. The molecule has 13 heteroatoms. The molecule has 1 unspecified atom stereocenters. The maximum absolute atomic E-state index is 14.1. The SMILES string of the molecule is C=CCC(=O)NCC1CN(S(=O)(=O)c2cccc(C(F)(F)F)c2)c2cc(-c3cc(F)cc(F)c3Cl)ccc2O1. The Morgan fingerprint density at radius 1 is 1.15 bits per heavy atom. The molecule has 1 N–H and O–H groups in total. The number of hydrogen-bond donors (Lipinski definition) is 1. The Bertz CT molecular complexity index is 1550. The quantitative estimate of drug-likeness (QED) is 0.211. The molecule has 0 saturated carbocycles. The van der Waals surface area contributed by atoms with Crippen LogP contribution in [0, 0.1) is 11.6 Å². The van der Waals surface area contributed by atoms with Gasteiger partial charge < -0.3 is 10.1 Å². The number of halogens is 6.